The number of hydrogen-bond acceptors (Lipinski definition) is 4. The van der Waals surface area contributed by atoms with Gasteiger partial charge in [-0.1, -0.05) is 0 Å². The van der Waals surface area contributed by atoms with Crippen LogP contribution in [-0.4, -0.2) is 67.0 Å². The standard InChI is InChI=1S/C15H21N3O4/c1-18(2,3)10-11-4-5-13(19)12(6-11)7-16-8-14(20)17-9-15(21)22/h4-7H,8-10H2,1-3H3,(H2-,16,17,19,20,21,22)/p+1. The van der Waals surface area contributed by atoms with Gasteiger partial charge < -0.3 is 20.0 Å². The molecule has 0 aliphatic rings. The van der Waals surface area contributed by atoms with Crippen molar-refractivity contribution in [2.45, 2.75) is 6.54 Å². The molecule has 1 aromatic rings. The molecular weight excluding hydrogens is 286 g/mol. The Morgan fingerprint density at radius 2 is 2.00 bits per heavy atom. The summed E-state index contributed by atoms with van der Waals surface area (Å²) in [6, 6.07) is 5.25. The van der Waals surface area contributed by atoms with Gasteiger partial charge in [-0.2, -0.15) is 0 Å². The highest BCUT2D eigenvalue weighted by atomic mass is 16.4. The number of carboxylic acid groups (broad SMARTS) is 1. The van der Waals surface area contributed by atoms with Gasteiger partial charge in [-0.3, -0.25) is 14.6 Å². The van der Waals surface area contributed by atoms with E-state index in [-0.39, 0.29) is 12.3 Å². The molecule has 0 saturated carbocycles. The van der Waals surface area contributed by atoms with Crippen LogP contribution in [0.4, 0.5) is 0 Å². The largest absolute Gasteiger partial charge is 0.507 e. The molecule has 7 heteroatoms. The second-order valence-electron chi connectivity index (χ2n) is 5.98. The van der Waals surface area contributed by atoms with Gasteiger partial charge >= 0.3 is 5.97 Å². The zero-order chi connectivity index (χ0) is 16.8. The van der Waals surface area contributed by atoms with Crippen LogP contribution in [-0.2, 0) is 16.1 Å². The van der Waals surface area contributed by atoms with E-state index in [1.54, 1.807) is 6.07 Å². The molecule has 0 bridgehead atoms. The summed E-state index contributed by atoms with van der Waals surface area (Å²) in [5, 5.41) is 20.4. The van der Waals surface area contributed by atoms with E-state index in [1.807, 2.05) is 12.1 Å². The molecule has 0 spiro atoms. The van der Waals surface area contributed by atoms with E-state index < -0.39 is 18.4 Å². The van der Waals surface area contributed by atoms with E-state index in [0.29, 0.717) is 5.56 Å². The molecule has 0 saturated heterocycles. The number of aliphatic imine (C=N–C) groups is 1. The lowest BCUT2D eigenvalue weighted by Gasteiger charge is -2.24. The Kier molecular flexibility index (Phi) is 6.06. The molecule has 22 heavy (non-hydrogen) atoms. The van der Waals surface area contributed by atoms with Gasteiger partial charge in [0.15, 0.2) is 0 Å². The summed E-state index contributed by atoms with van der Waals surface area (Å²) in [4.78, 5) is 25.6. The lowest BCUT2D eigenvalue weighted by molar-refractivity contribution is -0.884. The predicted octanol–water partition coefficient (Wildman–Crippen LogP) is 0.218. The summed E-state index contributed by atoms with van der Waals surface area (Å²) in [7, 11) is 6.19. The van der Waals surface area contributed by atoms with Crippen LogP contribution < -0.4 is 5.32 Å². The summed E-state index contributed by atoms with van der Waals surface area (Å²) in [5.41, 5.74) is 1.57. The number of nitrogens with one attached hydrogen (secondary N) is 1. The number of carboxylic acids is 1. The van der Waals surface area contributed by atoms with Gasteiger partial charge in [0.25, 0.3) is 0 Å². The Morgan fingerprint density at radius 1 is 1.32 bits per heavy atom. The fourth-order valence-corrected chi connectivity index (χ4v) is 1.81. The molecular formula is C15H22N3O4+. The number of phenolic OH excluding ortho intramolecular Hbond substituents is 1. The predicted molar refractivity (Wildman–Crippen MR) is 82.9 cm³/mol. The zero-order valence-electron chi connectivity index (χ0n) is 13.0. The van der Waals surface area contributed by atoms with Crippen molar-refractivity contribution >= 4 is 18.1 Å². The van der Waals surface area contributed by atoms with Crippen LogP contribution in [0, 0.1) is 0 Å². The highest BCUT2D eigenvalue weighted by molar-refractivity contribution is 5.87. The quantitative estimate of drug-likeness (QED) is 0.495. The number of aromatic hydroxyl groups is 1. The monoisotopic (exact) mass is 308 g/mol. The number of aliphatic carboxylic acids is 1. The SMILES string of the molecule is C[N+](C)(C)Cc1ccc(O)c(C=NCC(=O)NCC(=O)O)c1. The van der Waals surface area contributed by atoms with Crippen molar-refractivity contribution in [1.29, 1.82) is 0 Å². The molecule has 0 unspecified atom stereocenters. The van der Waals surface area contributed by atoms with Gasteiger partial charge in [-0.05, 0) is 18.2 Å². The number of quaternary nitrogens is 1. The first kappa shape index (κ1) is 17.6. The number of hydrogen-bond donors (Lipinski definition) is 3. The first-order chi connectivity index (χ1) is 10.2. The molecule has 1 rings (SSSR count). The smallest absolute Gasteiger partial charge is 0.322 e. The highest BCUT2D eigenvalue weighted by Gasteiger charge is 2.10. The van der Waals surface area contributed by atoms with Crippen LogP contribution in [0.1, 0.15) is 11.1 Å². The number of amides is 1. The summed E-state index contributed by atoms with van der Waals surface area (Å²) >= 11 is 0. The number of benzene rings is 1. The molecule has 1 aromatic carbocycles. The zero-order valence-corrected chi connectivity index (χ0v) is 13.0. The second-order valence-corrected chi connectivity index (χ2v) is 5.98. The normalized spacial score (nSPS) is 11.6. The van der Waals surface area contributed by atoms with Gasteiger partial charge in [0.1, 0.15) is 25.4 Å². The van der Waals surface area contributed by atoms with Gasteiger partial charge in [-0.25, -0.2) is 0 Å². The second kappa shape index (κ2) is 7.56. The van der Waals surface area contributed by atoms with E-state index in [4.69, 9.17) is 5.11 Å². The van der Waals surface area contributed by atoms with Gasteiger partial charge in [0.05, 0.1) is 21.1 Å². The molecule has 0 aliphatic carbocycles. The Hall–Kier alpha value is -2.41. The van der Waals surface area contributed by atoms with Gasteiger partial charge in [0.2, 0.25) is 5.91 Å². The van der Waals surface area contributed by atoms with E-state index in [9.17, 15) is 14.7 Å². The van der Waals surface area contributed by atoms with E-state index in [2.05, 4.69) is 31.5 Å². The summed E-state index contributed by atoms with van der Waals surface area (Å²) in [6.45, 7) is 0.172. The highest BCUT2D eigenvalue weighted by Crippen LogP contribution is 2.18. The van der Waals surface area contributed by atoms with Crippen molar-refractivity contribution in [3.05, 3.63) is 29.3 Å². The van der Waals surface area contributed by atoms with Crippen LogP contribution in [0.15, 0.2) is 23.2 Å². The molecule has 1 amide bonds. The maximum absolute atomic E-state index is 11.3. The molecule has 0 fully saturated rings. The van der Waals surface area contributed by atoms with Crippen LogP contribution in [0.2, 0.25) is 0 Å². The van der Waals surface area contributed by atoms with Gasteiger partial charge in [0, 0.05) is 17.3 Å². The maximum atomic E-state index is 11.3. The van der Waals surface area contributed by atoms with Crippen molar-refractivity contribution in [3.8, 4) is 5.75 Å². The first-order valence-corrected chi connectivity index (χ1v) is 6.78. The lowest BCUT2D eigenvalue weighted by atomic mass is 10.1. The number of carbonyl (C=O) groups excluding carboxylic acids is 1. The molecule has 0 aromatic heterocycles. The minimum absolute atomic E-state index is 0.0832. The van der Waals surface area contributed by atoms with Gasteiger partial charge in [-0.15, -0.1) is 0 Å². The lowest BCUT2D eigenvalue weighted by Crippen LogP contribution is -2.33. The van der Waals surface area contributed by atoms with Crippen LogP contribution in [0.5, 0.6) is 5.75 Å². The third kappa shape index (κ3) is 6.85. The number of phenols is 1. The third-order valence-corrected chi connectivity index (χ3v) is 2.65. The molecule has 0 heterocycles. The molecule has 0 aliphatic heterocycles. The number of carbonyl (C=O) groups is 2. The van der Waals surface area contributed by atoms with Crippen molar-refractivity contribution in [3.63, 3.8) is 0 Å². The molecule has 0 radical (unpaired) electrons. The Morgan fingerprint density at radius 3 is 2.59 bits per heavy atom. The fraction of sp³-hybridized carbons (Fsp3) is 0.400. The Bertz CT molecular complexity index is 577. The summed E-state index contributed by atoms with van der Waals surface area (Å²) in [6.07, 6.45) is 1.41. The first-order valence-electron chi connectivity index (χ1n) is 6.78. The van der Waals surface area contributed by atoms with Crippen molar-refractivity contribution in [2.24, 2.45) is 4.99 Å². The minimum Gasteiger partial charge on any atom is -0.507 e. The Balaban J connectivity index is 2.68. The number of nitrogens with zero attached hydrogens (tertiary/aromatic N) is 2. The Labute approximate surface area is 129 Å². The summed E-state index contributed by atoms with van der Waals surface area (Å²) in [5.74, 6) is -1.51. The van der Waals surface area contributed by atoms with Crippen LogP contribution >= 0.6 is 0 Å². The fourth-order valence-electron chi connectivity index (χ4n) is 1.81. The van der Waals surface area contributed by atoms with E-state index >= 15 is 0 Å². The van der Waals surface area contributed by atoms with Crippen molar-refractivity contribution < 1.29 is 24.3 Å². The van der Waals surface area contributed by atoms with E-state index in [0.717, 1.165) is 16.6 Å². The van der Waals surface area contributed by atoms with Crippen LogP contribution in [0.25, 0.3) is 0 Å². The molecule has 120 valence electrons. The average molecular weight is 308 g/mol. The molecule has 3 N–H and O–H groups in total. The van der Waals surface area contributed by atoms with E-state index in [1.165, 1.54) is 6.21 Å². The van der Waals surface area contributed by atoms with Crippen LogP contribution in [0.3, 0.4) is 0 Å². The summed E-state index contributed by atoms with van der Waals surface area (Å²) < 4.78 is 0.749. The van der Waals surface area contributed by atoms with Crippen molar-refractivity contribution in [2.75, 3.05) is 34.2 Å². The number of rotatable bonds is 7. The maximum Gasteiger partial charge on any atom is 0.322 e. The molecule has 7 nitrogen and oxygen atoms in total. The molecule has 0 atom stereocenters. The minimum atomic E-state index is -1.11. The van der Waals surface area contributed by atoms with Crippen molar-refractivity contribution in [1.82, 2.24) is 5.32 Å². The average Bonchev–Trinajstić information content (AvgIpc) is 2.38. The topological polar surface area (TPSA) is 99.0 Å². The third-order valence-electron chi connectivity index (χ3n) is 2.65.